The van der Waals surface area contributed by atoms with Gasteiger partial charge in [-0.1, -0.05) is 4.98 Å². The fraction of sp³-hybridized carbons (Fsp3) is 0.357. The van der Waals surface area contributed by atoms with Crippen molar-refractivity contribution in [2.75, 3.05) is 0 Å². The first-order valence-corrected chi connectivity index (χ1v) is 7.08. The Hall–Kier alpha value is -2.81. The molecule has 9 nitrogen and oxygen atoms in total. The van der Waals surface area contributed by atoms with Gasteiger partial charge in [-0.3, -0.25) is 0 Å². The molecule has 1 aromatic carbocycles. The highest BCUT2D eigenvalue weighted by Gasteiger charge is 2.16. The van der Waals surface area contributed by atoms with Gasteiger partial charge >= 0.3 is 5.95 Å². The van der Waals surface area contributed by atoms with Gasteiger partial charge in [-0.2, -0.15) is 4.68 Å². The van der Waals surface area contributed by atoms with E-state index in [4.69, 9.17) is 0 Å². The lowest BCUT2D eigenvalue weighted by molar-refractivity contribution is -0.394. The van der Waals surface area contributed by atoms with E-state index in [2.05, 4.69) is 15.1 Å². The third-order valence-electron chi connectivity index (χ3n) is 3.73. The summed E-state index contributed by atoms with van der Waals surface area (Å²) in [5, 5.41) is 24.4. The maximum absolute atomic E-state index is 10.6. The van der Waals surface area contributed by atoms with E-state index in [0.29, 0.717) is 6.54 Å². The minimum atomic E-state index is -0.768. The molecule has 0 aliphatic heterocycles. The molecule has 3 aromatic rings. The van der Waals surface area contributed by atoms with Gasteiger partial charge in [0.05, 0.1) is 36.6 Å². The minimum Gasteiger partial charge on any atom is -0.390 e. The number of rotatable bonds is 5. The molecule has 2 heterocycles. The van der Waals surface area contributed by atoms with Gasteiger partial charge in [-0.15, -0.1) is 0 Å². The molecule has 0 saturated heterocycles. The molecule has 0 spiro atoms. The van der Waals surface area contributed by atoms with Crippen molar-refractivity contribution < 1.29 is 10.0 Å². The molecule has 0 saturated carbocycles. The summed E-state index contributed by atoms with van der Waals surface area (Å²) in [6.45, 7) is 4.48. The van der Waals surface area contributed by atoms with Crippen LogP contribution in [0.2, 0.25) is 0 Å². The zero-order valence-corrected chi connectivity index (χ0v) is 12.7. The lowest BCUT2D eigenvalue weighted by Crippen LogP contribution is -2.22. The predicted octanol–water partition coefficient (Wildman–Crippen LogP) is 1.21. The molecule has 9 heteroatoms. The lowest BCUT2D eigenvalue weighted by atomic mass is 10.1. The largest absolute Gasteiger partial charge is 0.490 e. The van der Waals surface area contributed by atoms with Crippen molar-refractivity contribution in [2.24, 2.45) is 0 Å². The van der Waals surface area contributed by atoms with E-state index in [0.717, 1.165) is 16.6 Å². The quantitative estimate of drug-likeness (QED) is 0.559. The van der Waals surface area contributed by atoms with Gasteiger partial charge in [0.15, 0.2) is 0 Å². The number of nitro groups is 1. The second-order valence-electron chi connectivity index (χ2n) is 5.50. The first-order chi connectivity index (χ1) is 10.9. The number of imidazole rings is 1. The standard InChI is InChI=1S/C14H16N6O3/c1-9-3-12-13(4-10(9)2)18(7-15-12)5-11(21)6-19-8-16-14(17-19)20(22)23/h3-4,7-8,11,21H,5-6H2,1-2H3/t11-/m1/s1. The first kappa shape index (κ1) is 15.1. The molecule has 0 amide bonds. The van der Waals surface area contributed by atoms with Crippen LogP contribution in [-0.4, -0.2) is 40.4 Å². The van der Waals surface area contributed by atoms with E-state index >= 15 is 0 Å². The van der Waals surface area contributed by atoms with E-state index in [1.807, 2.05) is 30.5 Å². The molecule has 0 bridgehead atoms. The molecule has 0 fully saturated rings. The van der Waals surface area contributed by atoms with Crippen molar-refractivity contribution in [3.63, 3.8) is 0 Å². The van der Waals surface area contributed by atoms with Crippen LogP contribution in [0.25, 0.3) is 11.0 Å². The lowest BCUT2D eigenvalue weighted by Gasteiger charge is -2.11. The zero-order chi connectivity index (χ0) is 16.6. The maximum Gasteiger partial charge on any atom is 0.490 e. The van der Waals surface area contributed by atoms with Gasteiger partial charge in [0.1, 0.15) is 0 Å². The Morgan fingerprint density at radius 3 is 2.65 bits per heavy atom. The molecule has 1 N–H and O–H groups in total. The highest BCUT2D eigenvalue weighted by atomic mass is 16.6. The molecule has 0 aliphatic carbocycles. The molecular formula is C14H16N6O3. The number of aliphatic hydroxyl groups is 1. The average Bonchev–Trinajstić information content (AvgIpc) is 3.08. The average molecular weight is 316 g/mol. The fourth-order valence-electron chi connectivity index (χ4n) is 2.42. The fourth-order valence-corrected chi connectivity index (χ4v) is 2.42. The van der Waals surface area contributed by atoms with E-state index in [1.165, 1.54) is 16.6 Å². The van der Waals surface area contributed by atoms with Crippen LogP contribution < -0.4 is 0 Å². The number of benzene rings is 1. The molecule has 2 aromatic heterocycles. The van der Waals surface area contributed by atoms with Crippen molar-refractivity contribution in [1.29, 1.82) is 0 Å². The molecular weight excluding hydrogens is 300 g/mol. The van der Waals surface area contributed by atoms with Crippen LogP contribution in [0.5, 0.6) is 0 Å². The summed E-state index contributed by atoms with van der Waals surface area (Å²) in [7, 11) is 0. The van der Waals surface area contributed by atoms with Crippen LogP contribution >= 0.6 is 0 Å². The molecule has 0 radical (unpaired) electrons. The third kappa shape index (κ3) is 3.04. The Kier molecular flexibility index (Phi) is 3.78. The predicted molar refractivity (Wildman–Crippen MR) is 81.9 cm³/mol. The Bertz CT molecular complexity index is 869. The monoisotopic (exact) mass is 316 g/mol. The van der Waals surface area contributed by atoms with Crippen LogP contribution in [0.15, 0.2) is 24.8 Å². The minimum absolute atomic E-state index is 0.116. The molecule has 0 aliphatic rings. The molecule has 0 unspecified atom stereocenters. The Labute approximate surface area is 131 Å². The van der Waals surface area contributed by atoms with Gasteiger partial charge in [-0.05, 0) is 42.0 Å². The summed E-state index contributed by atoms with van der Waals surface area (Å²) >= 11 is 0. The SMILES string of the molecule is Cc1cc2ncn(C[C@@H](O)Cn3cnc([N+](=O)[O-])n3)c2cc1C. The highest BCUT2D eigenvalue weighted by molar-refractivity contribution is 5.77. The number of nitrogens with zero attached hydrogens (tertiary/aromatic N) is 6. The number of hydrogen-bond donors (Lipinski definition) is 1. The molecule has 1 atom stereocenters. The van der Waals surface area contributed by atoms with Crippen LogP contribution in [0.3, 0.4) is 0 Å². The molecule has 3 rings (SSSR count). The van der Waals surface area contributed by atoms with Gasteiger partial charge in [0, 0.05) is 5.10 Å². The van der Waals surface area contributed by atoms with Crippen LogP contribution in [-0.2, 0) is 13.1 Å². The van der Waals surface area contributed by atoms with E-state index in [-0.39, 0.29) is 6.54 Å². The normalized spacial score (nSPS) is 12.7. The van der Waals surface area contributed by atoms with Crippen molar-refractivity contribution in [1.82, 2.24) is 24.3 Å². The molecule has 23 heavy (non-hydrogen) atoms. The Morgan fingerprint density at radius 2 is 1.96 bits per heavy atom. The number of fused-ring (bicyclic) bond motifs is 1. The van der Waals surface area contributed by atoms with Crippen molar-refractivity contribution in [3.05, 3.63) is 46.0 Å². The highest BCUT2D eigenvalue weighted by Crippen LogP contribution is 2.18. The Balaban J connectivity index is 1.75. The van der Waals surface area contributed by atoms with E-state index in [1.54, 1.807) is 6.33 Å². The second-order valence-corrected chi connectivity index (χ2v) is 5.50. The second kappa shape index (κ2) is 5.76. The van der Waals surface area contributed by atoms with E-state index in [9.17, 15) is 15.2 Å². The zero-order valence-electron chi connectivity index (χ0n) is 12.7. The van der Waals surface area contributed by atoms with E-state index < -0.39 is 17.0 Å². The topological polar surface area (TPSA) is 112 Å². The first-order valence-electron chi connectivity index (χ1n) is 7.08. The summed E-state index contributed by atoms with van der Waals surface area (Å²) < 4.78 is 3.12. The summed E-state index contributed by atoms with van der Waals surface area (Å²) in [5.74, 6) is -0.476. The van der Waals surface area contributed by atoms with Gasteiger partial charge in [0.2, 0.25) is 6.33 Å². The van der Waals surface area contributed by atoms with Crippen LogP contribution in [0.4, 0.5) is 5.95 Å². The van der Waals surface area contributed by atoms with Gasteiger partial charge in [0.25, 0.3) is 0 Å². The summed E-state index contributed by atoms with van der Waals surface area (Å²) in [6, 6.07) is 4.04. The summed E-state index contributed by atoms with van der Waals surface area (Å²) in [5.41, 5.74) is 4.13. The Morgan fingerprint density at radius 1 is 1.22 bits per heavy atom. The van der Waals surface area contributed by atoms with Crippen molar-refractivity contribution in [2.45, 2.75) is 33.0 Å². The maximum atomic E-state index is 10.6. The van der Waals surface area contributed by atoms with Gasteiger partial charge in [-0.25, -0.2) is 4.98 Å². The number of aryl methyl sites for hydroxylation is 2. The van der Waals surface area contributed by atoms with Crippen LogP contribution in [0, 0.1) is 24.0 Å². The number of hydrogen-bond acceptors (Lipinski definition) is 6. The summed E-state index contributed by atoms with van der Waals surface area (Å²) in [4.78, 5) is 17.8. The van der Waals surface area contributed by atoms with Crippen LogP contribution in [0.1, 0.15) is 11.1 Å². The van der Waals surface area contributed by atoms with Crippen molar-refractivity contribution in [3.8, 4) is 0 Å². The third-order valence-corrected chi connectivity index (χ3v) is 3.73. The molecule has 120 valence electrons. The summed E-state index contributed by atoms with van der Waals surface area (Å²) in [6.07, 6.45) is 2.15. The van der Waals surface area contributed by atoms with Crippen molar-refractivity contribution >= 4 is 17.0 Å². The number of aliphatic hydroxyl groups excluding tert-OH is 1. The smallest absolute Gasteiger partial charge is 0.390 e. The van der Waals surface area contributed by atoms with Gasteiger partial charge < -0.3 is 19.8 Å². The number of aromatic nitrogens is 5.